The number of hydrogen-bond acceptors (Lipinski definition) is 3. The number of ketones is 1. The molecule has 0 heterocycles. The lowest BCUT2D eigenvalue weighted by Gasteiger charge is -2.14. The second-order valence-electron chi connectivity index (χ2n) is 7.09. The van der Waals surface area contributed by atoms with E-state index in [0.717, 1.165) is 33.4 Å². The normalized spacial score (nSPS) is 10.7. The summed E-state index contributed by atoms with van der Waals surface area (Å²) >= 11 is 6.49. The highest BCUT2D eigenvalue weighted by Crippen LogP contribution is 2.33. The molecule has 0 aliphatic carbocycles. The first-order chi connectivity index (χ1) is 13.3. The lowest BCUT2D eigenvalue weighted by molar-refractivity contribution is -0.118. The average molecular weight is 395 g/mol. The molecule has 0 aliphatic rings. The Morgan fingerprint density at radius 3 is 2.54 bits per heavy atom. The summed E-state index contributed by atoms with van der Waals surface area (Å²) in [5.74, 6) is 0.809. The maximum atomic E-state index is 11.1. The summed E-state index contributed by atoms with van der Waals surface area (Å²) < 4.78 is 5.47. The highest BCUT2D eigenvalue weighted by atomic mass is 35.5. The lowest BCUT2D eigenvalue weighted by atomic mass is 9.95. The number of carbonyl (C=O) groups is 1. The van der Waals surface area contributed by atoms with E-state index in [1.54, 1.807) is 12.1 Å². The first-order valence-corrected chi connectivity index (χ1v) is 9.51. The van der Waals surface area contributed by atoms with E-state index >= 15 is 0 Å². The number of benzene rings is 3. The third-order valence-electron chi connectivity index (χ3n) is 4.61. The molecular formula is C24H23ClO3. The van der Waals surface area contributed by atoms with Gasteiger partial charge in [-0.2, -0.15) is 0 Å². The SMILES string of the molecule is CC(=O)COc1cc(C)c(Cc2ccc(O)c(-c3cccc(C)c3)c2)c(Cl)c1. The van der Waals surface area contributed by atoms with Gasteiger partial charge in [0, 0.05) is 10.6 Å². The van der Waals surface area contributed by atoms with Crippen molar-refractivity contribution < 1.29 is 14.6 Å². The van der Waals surface area contributed by atoms with Crippen LogP contribution in [0.5, 0.6) is 11.5 Å². The van der Waals surface area contributed by atoms with Crippen molar-refractivity contribution in [3.05, 3.63) is 81.9 Å². The predicted molar refractivity (Wildman–Crippen MR) is 113 cm³/mol. The van der Waals surface area contributed by atoms with Gasteiger partial charge in [0.1, 0.15) is 18.1 Å². The van der Waals surface area contributed by atoms with Crippen LogP contribution in [0.15, 0.2) is 54.6 Å². The molecule has 3 rings (SSSR count). The predicted octanol–water partition coefficient (Wildman–Crippen LogP) is 5.89. The Morgan fingerprint density at radius 2 is 1.86 bits per heavy atom. The number of aryl methyl sites for hydroxylation is 2. The molecule has 0 unspecified atom stereocenters. The fourth-order valence-electron chi connectivity index (χ4n) is 3.18. The number of hydrogen-bond donors (Lipinski definition) is 1. The number of phenolic OH excluding ortho intramolecular Hbond substituents is 1. The molecule has 0 saturated carbocycles. The van der Waals surface area contributed by atoms with Crippen LogP contribution in [0, 0.1) is 13.8 Å². The number of aromatic hydroxyl groups is 1. The molecule has 0 bridgehead atoms. The standard InChI is InChI=1S/C24H23ClO3/c1-15-5-4-6-19(9-15)22-12-18(7-8-24(22)27)11-21-16(2)10-20(13-23(21)25)28-14-17(3)26/h4-10,12-13,27H,11,14H2,1-3H3. The fourth-order valence-corrected chi connectivity index (χ4v) is 3.50. The van der Waals surface area contributed by atoms with Crippen LogP contribution in [0.2, 0.25) is 5.02 Å². The van der Waals surface area contributed by atoms with Crippen molar-refractivity contribution in [1.29, 1.82) is 0 Å². The summed E-state index contributed by atoms with van der Waals surface area (Å²) in [7, 11) is 0. The lowest BCUT2D eigenvalue weighted by Crippen LogP contribution is -2.07. The second kappa shape index (κ2) is 8.49. The molecule has 0 fully saturated rings. The monoisotopic (exact) mass is 394 g/mol. The quantitative estimate of drug-likeness (QED) is 0.567. The third kappa shape index (κ3) is 4.73. The van der Waals surface area contributed by atoms with Crippen LogP contribution in [0.25, 0.3) is 11.1 Å². The molecule has 28 heavy (non-hydrogen) atoms. The Kier molecular flexibility index (Phi) is 6.05. The second-order valence-corrected chi connectivity index (χ2v) is 7.50. The number of carbonyl (C=O) groups excluding carboxylic acids is 1. The minimum Gasteiger partial charge on any atom is -0.507 e. The van der Waals surface area contributed by atoms with Crippen molar-refractivity contribution >= 4 is 17.4 Å². The van der Waals surface area contributed by atoms with Crippen LogP contribution in [-0.4, -0.2) is 17.5 Å². The number of Topliss-reactive ketones (excluding diaryl/α,β-unsaturated/α-hetero) is 1. The summed E-state index contributed by atoms with van der Waals surface area (Å²) in [6.07, 6.45) is 0.636. The topological polar surface area (TPSA) is 46.5 Å². The molecule has 0 aliphatic heterocycles. The molecule has 3 nitrogen and oxygen atoms in total. The van der Waals surface area contributed by atoms with Crippen LogP contribution in [0.3, 0.4) is 0 Å². The van der Waals surface area contributed by atoms with E-state index in [4.69, 9.17) is 16.3 Å². The minimum absolute atomic E-state index is 0.0347. The van der Waals surface area contributed by atoms with E-state index in [2.05, 4.69) is 6.07 Å². The van der Waals surface area contributed by atoms with Crippen molar-refractivity contribution in [2.45, 2.75) is 27.2 Å². The minimum atomic E-state index is -0.0365. The molecule has 1 N–H and O–H groups in total. The van der Waals surface area contributed by atoms with Gasteiger partial charge in [-0.15, -0.1) is 0 Å². The van der Waals surface area contributed by atoms with Crippen molar-refractivity contribution in [3.63, 3.8) is 0 Å². The molecule has 0 radical (unpaired) electrons. The number of rotatable bonds is 6. The Balaban J connectivity index is 1.90. The molecule has 0 saturated heterocycles. The number of ether oxygens (including phenoxy) is 1. The third-order valence-corrected chi connectivity index (χ3v) is 4.94. The number of phenols is 1. The Hall–Kier alpha value is -2.78. The van der Waals surface area contributed by atoms with Crippen molar-refractivity contribution in [2.24, 2.45) is 0 Å². The number of halogens is 1. The van der Waals surface area contributed by atoms with Gasteiger partial charge < -0.3 is 9.84 Å². The Labute approximate surface area is 170 Å². The van der Waals surface area contributed by atoms with E-state index in [-0.39, 0.29) is 18.1 Å². The van der Waals surface area contributed by atoms with Crippen LogP contribution in [-0.2, 0) is 11.2 Å². The Morgan fingerprint density at radius 1 is 1.07 bits per heavy atom. The molecule has 3 aromatic carbocycles. The Bertz CT molecular complexity index is 1000. The van der Waals surface area contributed by atoms with Gasteiger partial charge in [0.15, 0.2) is 5.78 Å². The van der Waals surface area contributed by atoms with Gasteiger partial charge in [0.2, 0.25) is 0 Å². The maximum absolute atomic E-state index is 11.1. The van der Waals surface area contributed by atoms with E-state index in [1.165, 1.54) is 6.92 Å². The van der Waals surface area contributed by atoms with E-state index < -0.39 is 0 Å². The van der Waals surface area contributed by atoms with Gasteiger partial charge in [0.05, 0.1) is 0 Å². The van der Waals surface area contributed by atoms with E-state index in [9.17, 15) is 9.90 Å². The molecule has 0 aromatic heterocycles. The first-order valence-electron chi connectivity index (χ1n) is 9.13. The van der Waals surface area contributed by atoms with Crippen molar-refractivity contribution in [2.75, 3.05) is 6.61 Å². The molecule has 0 amide bonds. The molecule has 144 valence electrons. The van der Waals surface area contributed by atoms with Gasteiger partial charge in [-0.05, 0) is 73.7 Å². The highest BCUT2D eigenvalue weighted by molar-refractivity contribution is 6.31. The maximum Gasteiger partial charge on any atom is 0.167 e. The molecule has 0 spiro atoms. The van der Waals surface area contributed by atoms with Crippen LogP contribution in [0.1, 0.15) is 29.2 Å². The zero-order valence-electron chi connectivity index (χ0n) is 16.3. The van der Waals surface area contributed by atoms with Crippen molar-refractivity contribution in [1.82, 2.24) is 0 Å². The van der Waals surface area contributed by atoms with Crippen LogP contribution >= 0.6 is 11.6 Å². The molecule has 4 heteroatoms. The van der Waals surface area contributed by atoms with Gasteiger partial charge in [-0.25, -0.2) is 0 Å². The van der Waals surface area contributed by atoms with Crippen LogP contribution in [0.4, 0.5) is 0 Å². The molecule has 0 atom stereocenters. The molecule has 3 aromatic rings. The summed E-state index contributed by atoms with van der Waals surface area (Å²) in [6.45, 7) is 5.53. The van der Waals surface area contributed by atoms with E-state index in [0.29, 0.717) is 17.2 Å². The van der Waals surface area contributed by atoms with Gasteiger partial charge in [-0.1, -0.05) is 47.5 Å². The largest absolute Gasteiger partial charge is 0.507 e. The van der Waals surface area contributed by atoms with E-state index in [1.807, 2.05) is 50.2 Å². The van der Waals surface area contributed by atoms with Gasteiger partial charge in [0.25, 0.3) is 0 Å². The van der Waals surface area contributed by atoms with Gasteiger partial charge in [-0.3, -0.25) is 4.79 Å². The van der Waals surface area contributed by atoms with Crippen molar-refractivity contribution in [3.8, 4) is 22.6 Å². The average Bonchev–Trinajstić information content (AvgIpc) is 2.64. The molecular weight excluding hydrogens is 372 g/mol. The summed E-state index contributed by atoms with van der Waals surface area (Å²) in [5.41, 5.74) is 5.97. The smallest absolute Gasteiger partial charge is 0.167 e. The van der Waals surface area contributed by atoms with Crippen LogP contribution < -0.4 is 4.74 Å². The zero-order chi connectivity index (χ0) is 20.3. The summed E-state index contributed by atoms with van der Waals surface area (Å²) in [6, 6.07) is 17.3. The zero-order valence-corrected chi connectivity index (χ0v) is 17.0. The summed E-state index contributed by atoms with van der Waals surface area (Å²) in [4.78, 5) is 11.1. The first kappa shape index (κ1) is 20.0. The van der Waals surface area contributed by atoms with Gasteiger partial charge >= 0.3 is 0 Å². The fraction of sp³-hybridized carbons (Fsp3) is 0.208. The summed E-state index contributed by atoms with van der Waals surface area (Å²) in [5, 5.41) is 10.9. The highest BCUT2D eigenvalue weighted by Gasteiger charge is 2.12.